The van der Waals surface area contributed by atoms with Crippen molar-refractivity contribution in [1.29, 1.82) is 0 Å². The summed E-state index contributed by atoms with van der Waals surface area (Å²) in [4.78, 5) is 22.5. The predicted octanol–water partition coefficient (Wildman–Crippen LogP) is 4.79. The average Bonchev–Trinajstić information content (AvgIpc) is 3.46. The first-order chi connectivity index (χ1) is 19.1. The molecule has 40 heavy (non-hydrogen) atoms. The van der Waals surface area contributed by atoms with E-state index < -0.39 is 17.6 Å². The van der Waals surface area contributed by atoms with E-state index in [1.165, 1.54) is 31.5 Å². The summed E-state index contributed by atoms with van der Waals surface area (Å²) in [7, 11) is 2.74. The number of alkyl halides is 3. The molecule has 1 aliphatic carbocycles. The highest BCUT2D eigenvalue weighted by atomic mass is 19.4. The van der Waals surface area contributed by atoms with E-state index in [9.17, 15) is 22.8 Å². The maximum absolute atomic E-state index is 12.9. The van der Waals surface area contributed by atoms with Crippen LogP contribution in [-0.2, 0) is 22.2 Å². The maximum Gasteiger partial charge on any atom is 0.416 e. The minimum Gasteiger partial charge on any atom is -0.400 e. The number of nitrogens with one attached hydrogen (secondary N) is 3. The summed E-state index contributed by atoms with van der Waals surface area (Å²) in [6.07, 6.45) is 3.15. The van der Waals surface area contributed by atoms with Crippen LogP contribution in [0, 0.1) is 6.92 Å². The number of aliphatic hydroxyl groups is 2. The van der Waals surface area contributed by atoms with Crippen LogP contribution in [0.15, 0.2) is 53.2 Å². The van der Waals surface area contributed by atoms with E-state index in [2.05, 4.69) is 30.8 Å². The normalized spacial score (nSPS) is 12.7. The predicted molar refractivity (Wildman–Crippen MR) is 146 cm³/mol. The van der Waals surface area contributed by atoms with Gasteiger partial charge in [0.2, 0.25) is 18.2 Å². The first-order valence-corrected chi connectivity index (χ1v) is 12.5. The van der Waals surface area contributed by atoms with Gasteiger partial charge in [-0.25, -0.2) is 0 Å². The number of nitrogens with zero attached hydrogens (tertiary/aromatic N) is 2. The molecule has 1 aliphatic rings. The molecule has 0 atom stereocenters. The number of carbonyl (C=O) groups excluding carboxylic acids is 2. The fraction of sp³-hybridized carbons (Fsp3) is 0.407. The molecule has 4 rings (SSSR count). The van der Waals surface area contributed by atoms with E-state index in [-0.39, 0.29) is 30.3 Å². The second kappa shape index (κ2) is 18.3. The van der Waals surface area contributed by atoms with Crippen LogP contribution < -0.4 is 16.0 Å². The Morgan fingerprint density at radius 2 is 1.75 bits per heavy atom. The lowest BCUT2D eigenvalue weighted by atomic mass is 9.98. The molecule has 2 amide bonds. The Labute approximate surface area is 231 Å². The Hall–Kier alpha value is -3.97. The molecule has 1 fully saturated rings. The molecule has 0 saturated heterocycles. The van der Waals surface area contributed by atoms with Crippen molar-refractivity contribution in [3.05, 3.63) is 65.4 Å². The molecule has 10 nitrogen and oxygen atoms in total. The van der Waals surface area contributed by atoms with Crippen LogP contribution in [0.1, 0.15) is 48.8 Å². The van der Waals surface area contributed by atoms with Crippen molar-refractivity contribution in [2.75, 3.05) is 30.1 Å². The van der Waals surface area contributed by atoms with Gasteiger partial charge in [0.15, 0.2) is 0 Å². The Kier molecular flexibility index (Phi) is 15.6. The second-order valence-electron chi connectivity index (χ2n) is 8.53. The van der Waals surface area contributed by atoms with Gasteiger partial charge in [-0.1, -0.05) is 43.5 Å². The molecule has 0 bridgehead atoms. The SMILES string of the molecule is CNc1cnno1.CO.Cc1ccccc1CC(=O)Nc1cc(NC=O)cc(C(F)(F)F)c1.OC1CCCCC1. The van der Waals surface area contributed by atoms with E-state index in [0.29, 0.717) is 5.88 Å². The van der Waals surface area contributed by atoms with E-state index in [0.717, 1.165) is 43.2 Å². The molecule has 13 heteroatoms. The summed E-state index contributed by atoms with van der Waals surface area (Å²) >= 11 is 0. The van der Waals surface area contributed by atoms with E-state index in [4.69, 9.17) is 10.2 Å². The maximum atomic E-state index is 12.9. The summed E-state index contributed by atoms with van der Waals surface area (Å²) < 4.78 is 43.2. The largest absolute Gasteiger partial charge is 0.416 e. The Bertz CT molecular complexity index is 1140. The number of carbonyl (C=O) groups is 2. The van der Waals surface area contributed by atoms with Crippen molar-refractivity contribution >= 4 is 29.6 Å². The van der Waals surface area contributed by atoms with Crippen molar-refractivity contribution in [3.8, 4) is 0 Å². The number of rotatable bonds is 6. The van der Waals surface area contributed by atoms with Gasteiger partial charge in [-0.2, -0.15) is 13.2 Å². The summed E-state index contributed by atoms with van der Waals surface area (Å²) in [5.74, 6) is 0.140. The minimum absolute atomic E-state index is 0.0345. The topological polar surface area (TPSA) is 150 Å². The van der Waals surface area contributed by atoms with Gasteiger partial charge in [0.1, 0.15) is 6.20 Å². The summed E-state index contributed by atoms with van der Waals surface area (Å²) in [6, 6.07) is 10.1. The van der Waals surface area contributed by atoms with Crippen molar-refractivity contribution in [2.24, 2.45) is 0 Å². The molecule has 2 aromatic carbocycles. The molecule has 0 spiro atoms. The van der Waals surface area contributed by atoms with Crippen LogP contribution in [0.25, 0.3) is 0 Å². The quantitative estimate of drug-likeness (QED) is 0.267. The van der Waals surface area contributed by atoms with Crippen LogP contribution in [0.5, 0.6) is 0 Å². The molecule has 0 aliphatic heterocycles. The van der Waals surface area contributed by atoms with Crippen LogP contribution >= 0.6 is 0 Å². The van der Waals surface area contributed by atoms with E-state index >= 15 is 0 Å². The lowest BCUT2D eigenvalue weighted by molar-refractivity contribution is -0.137. The highest BCUT2D eigenvalue weighted by Crippen LogP contribution is 2.33. The first kappa shape index (κ1) is 34.1. The molecule has 1 saturated carbocycles. The van der Waals surface area contributed by atoms with Gasteiger partial charge < -0.3 is 30.7 Å². The van der Waals surface area contributed by atoms with Crippen LogP contribution in [0.2, 0.25) is 0 Å². The van der Waals surface area contributed by atoms with Gasteiger partial charge in [-0.3, -0.25) is 9.59 Å². The summed E-state index contributed by atoms with van der Waals surface area (Å²) in [6.45, 7) is 1.85. The van der Waals surface area contributed by atoms with Crippen LogP contribution in [0.4, 0.5) is 30.4 Å². The van der Waals surface area contributed by atoms with Gasteiger partial charge in [0.05, 0.1) is 18.1 Å². The lowest BCUT2D eigenvalue weighted by Gasteiger charge is -2.14. The molecular formula is C27H36F3N5O5. The highest BCUT2D eigenvalue weighted by Gasteiger charge is 2.31. The van der Waals surface area contributed by atoms with Crippen LogP contribution in [0.3, 0.4) is 0 Å². The standard InChI is InChI=1S/C17H15F3N2O2.C6H12O.C3H5N3O.CH4O/c1-11-4-2-3-5-12(11)6-16(24)22-15-8-13(17(18,19)20)7-14(9-15)21-10-23;7-6-4-2-1-3-5-6;1-4-3-2-5-6-7-3;1-2/h2-5,7-10H,6H2,1H3,(H,21,23)(H,22,24);6-7H,1-5H2;2,4H,1H3;2H,1H3. The van der Waals surface area contributed by atoms with Gasteiger partial charge in [-0.15, -0.1) is 5.10 Å². The number of halogens is 3. The number of hydrogen-bond acceptors (Lipinski definition) is 8. The zero-order valence-electron chi connectivity index (χ0n) is 22.7. The zero-order chi connectivity index (χ0) is 30.0. The fourth-order valence-electron chi connectivity index (χ4n) is 3.56. The van der Waals surface area contributed by atoms with Crippen molar-refractivity contribution in [2.45, 2.75) is 57.7 Å². The third-order valence-electron chi connectivity index (χ3n) is 5.56. The molecule has 0 unspecified atom stereocenters. The molecule has 0 radical (unpaired) electrons. The number of amides is 2. The Morgan fingerprint density at radius 3 is 2.23 bits per heavy atom. The number of hydrogen-bond donors (Lipinski definition) is 5. The van der Waals surface area contributed by atoms with Gasteiger partial charge in [0, 0.05) is 30.8 Å². The lowest BCUT2D eigenvalue weighted by Crippen LogP contribution is -2.16. The van der Waals surface area contributed by atoms with Gasteiger partial charge in [-0.05, 0) is 49.1 Å². The third-order valence-corrected chi connectivity index (χ3v) is 5.56. The van der Waals surface area contributed by atoms with Gasteiger partial charge >= 0.3 is 6.18 Å². The molecule has 3 aromatic rings. The minimum atomic E-state index is -4.59. The van der Waals surface area contributed by atoms with Crippen molar-refractivity contribution < 1.29 is 37.5 Å². The summed E-state index contributed by atoms with van der Waals surface area (Å²) in [5.41, 5.74) is 0.660. The molecule has 1 heterocycles. The number of aromatic nitrogens is 2. The van der Waals surface area contributed by atoms with Crippen LogP contribution in [-0.4, -0.2) is 53.2 Å². The number of anilines is 3. The summed E-state index contributed by atoms with van der Waals surface area (Å²) in [5, 5.41) is 29.8. The smallest absolute Gasteiger partial charge is 0.400 e. The molecule has 5 N–H and O–H groups in total. The highest BCUT2D eigenvalue weighted by molar-refractivity contribution is 5.93. The Morgan fingerprint density at radius 1 is 1.10 bits per heavy atom. The number of aliphatic hydroxyl groups excluding tert-OH is 2. The van der Waals surface area contributed by atoms with Gasteiger partial charge in [0.25, 0.3) is 0 Å². The number of aryl methyl sites for hydroxylation is 1. The Balaban J connectivity index is 0.000000403. The second-order valence-corrected chi connectivity index (χ2v) is 8.53. The van der Waals surface area contributed by atoms with Crippen molar-refractivity contribution in [3.63, 3.8) is 0 Å². The average molecular weight is 568 g/mol. The first-order valence-electron chi connectivity index (χ1n) is 12.5. The fourth-order valence-corrected chi connectivity index (χ4v) is 3.56. The van der Waals surface area contributed by atoms with E-state index in [1.54, 1.807) is 19.2 Å². The molecular weight excluding hydrogens is 531 g/mol. The molecule has 1 aromatic heterocycles. The molecule has 220 valence electrons. The third kappa shape index (κ3) is 13.2. The van der Waals surface area contributed by atoms with Crippen molar-refractivity contribution in [1.82, 2.24) is 10.4 Å². The van der Waals surface area contributed by atoms with E-state index in [1.807, 2.05) is 19.1 Å². The number of benzene rings is 2. The zero-order valence-corrected chi connectivity index (χ0v) is 22.7. The monoisotopic (exact) mass is 567 g/mol.